The molecule has 0 saturated carbocycles. The molecule has 4 amide bonds. The van der Waals surface area contributed by atoms with Gasteiger partial charge in [-0.05, 0) is 0 Å². The molecule has 0 bridgehead atoms. The van der Waals surface area contributed by atoms with Crippen LogP contribution in [0.1, 0.15) is 5.69 Å². The Balaban J connectivity index is 2.14. The number of hydrogen-bond donors (Lipinski definition) is 3. The number of alkyl halides is 1. The minimum atomic E-state index is -1.04. The van der Waals surface area contributed by atoms with Crippen molar-refractivity contribution in [2.75, 3.05) is 32.4 Å². The van der Waals surface area contributed by atoms with E-state index in [1.807, 2.05) is 0 Å². The molecule has 0 aliphatic carbocycles. The topological polar surface area (TPSA) is 142 Å². The van der Waals surface area contributed by atoms with Crippen LogP contribution in [-0.2, 0) is 24.0 Å². The van der Waals surface area contributed by atoms with Crippen LogP contribution in [-0.4, -0.2) is 78.4 Å². The molecular formula is C14H17ClN6O5S. The molecule has 27 heavy (non-hydrogen) atoms. The lowest BCUT2D eigenvalue weighted by molar-refractivity contribution is -0.145. The van der Waals surface area contributed by atoms with Gasteiger partial charge in [-0.25, -0.2) is 4.98 Å². The lowest BCUT2D eigenvalue weighted by Gasteiger charge is -2.37. The minimum absolute atomic E-state index is 0.124. The predicted octanol–water partition coefficient (Wildman–Crippen LogP) is -1.26. The quantitative estimate of drug-likeness (QED) is 0.219. The van der Waals surface area contributed by atoms with Crippen LogP contribution < -0.4 is 16.0 Å². The number of nitrogens with one attached hydrogen (secondary N) is 3. The maximum Gasteiger partial charge on any atom is 0.276 e. The first-order chi connectivity index (χ1) is 12.8. The summed E-state index contributed by atoms with van der Waals surface area (Å²) in [5.74, 6) is -2.30. The maximum absolute atomic E-state index is 12.5. The molecule has 11 nitrogen and oxygen atoms in total. The highest BCUT2D eigenvalue weighted by atomic mass is 35.5. The maximum atomic E-state index is 12.5. The van der Waals surface area contributed by atoms with Crippen molar-refractivity contribution >= 4 is 57.4 Å². The van der Waals surface area contributed by atoms with E-state index >= 15 is 0 Å². The molecule has 2 atom stereocenters. The number of halogens is 1. The number of amides is 4. The molecule has 0 radical (unpaired) electrons. The van der Waals surface area contributed by atoms with E-state index in [0.29, 0.717) is 0 Å². The third-order valence-electron chi connectivity index (χ3n) is 3.42. The Bertz CT molecular complexity index is 795. The number of rotatable bonds is 7. The van der Waals surface area contributed by atoms with Crippen LogP contribution in [0, 0.1) is 0 Å². The number of thiazole rings is 1. The number of oxime groups is 1. The zero-order valence-electron chi connectivity index (χ0n) is 14.6. The van der Waals surface area contributed by atoms with Crippen LogP contribution in [0.3, 0.4) is 0 Å². The van der Waals surface area contributed by atoms with Crippen LogP contribution in [0.5, 0.6) is 0 Å². The molecule has 13 heteroatoms. The Morgan fingerprint density at radius 3 is 2.70 bits per heavy atom. The number of carbonyl (C=O) groups is 4. The van der Waals surface area contributed by atoms with Crippen molar-refractivity contribution in [3.05, 3.63) is 11.1 Å². The van der Waals surface area contributed by atoms with Crippen LogP contribution in [0.4, 0.5) is 5.13 Å². The van der Waals surface area contributed by atoms with E-state index in [0.717, 1.165) is 11.3 Å². The highest BCUT2D eigenvalue weighted by molar-refractivity contribution is 7.14. The van der Waals surface area contributed by atoms with E-state index in [1.165, 1.54) is 31.5 Å². The summed E-state index contributed by atoms with van der Waals surface area (Å²) < 4.78 is 0. The molecule has 0 unspecified atom stereocenters. The number of β-lactam (4-membered cyclic amide) rings is 1. The van der Waals surface area contributed by atoms with Gasteiger partial charge < -0.3 is 25.7 Å². The fraction of sp³-hybridized carbons (Fsp3) is 0.429. The normalized spacial score (nSPS) is 18.8. The highest BCUT2D eigenvalue weighted by Gasteiger charge is 2.46. The van der Waals surface area contributed by atoms with Gasteiger partial charge in [0.15, 0.2) is 10.8 Å². The fourth-order valence-electron chi connectivity index (χ4n) is 2.11. The summed E-state index contributed by atoms with van der Waals surface area (Å²) >= 11 is 6.47. The lowest BCUT2D eigenvalue weighted by atomic mass is 9.97. The lowest BCUT2D eigenvalue weighted by Crippen LogP contribution is -2.73. The van der Waals surface area contributed by atoms with Crippen molar-refractivity contribution in [1.29, 1.82) is 0 Å². The molecule has 2 heterocycles. The van der Waals surface area contributed by atoms with Gasteiger partial charge >= 0.3 is 0 Å². The summed E-state index contributed by atoms with van der Waals surface area (Å²) in [6.07, 6.45) is 0. The van der Waals surface area contributed by atoms with E-state index in [9.17, 15) is 19.2 Å². The Morgan fingerprint density at radius 2 is 2.15 bits per heavy atom. The number of hydrogen-bond acceptors (Lipinski definition) is 8. The molecule has 0 spiro atoms. The third kappa shape index (κ3) is 4.71. The molecule has 2 rings (SSSR count). The monoisotopic (exact) mass is 416 g/mol. The minimum Gasteiger partial charge on any atom is -0.398 e. The summed E-state index contributed by atoms with van der Waals surface area (Å²) in [6, 6.07) is -1.90. The van der Waals surface area contributed by atoms with Gasteiger partial charge in [-0.3, -0.25) is 19.2 Å². The summed E-state index contributed by atoms with van der Waals surface area (Å²) in [5.41, 5.74) is -0.0877. The summed E-state index contributed by atoms with van der Waals surface area (Å²) in [4.78, 5) is 57.6. The summed E-state index contributed by atoms with van der Waals surface area (Å²) in [5, 5.41) is 12.6. The fourth-order valence-corrected chi connectivity index (χ4v) is 2.89. The van der Waals surface area contributed by atoms with Gasteiger partial charge in [-0.1, -0.05) is 5.16 Å². The van der Waals surface area contributed by atoms with Gasteiger partial charge in [-0.2, -0.15) is 0 Å². The second kappa shape index (κ2) is 8.77. The molecule has 1 aliphatic heterocycles. The second-order valence-corrected chi connectivity index (χ2v) is 6.64. The standard InChI is InChI=1S/C14H17ClN6O5S/c1-21(2)13(25)10-9(12(24)19-10)18-11(23)8(20-26-3)6-5-27-14(16-6)17-7(22)4-15/h5,9-10H,4H2,1-3H3,(H,18,23)(H,19,24)(H,16,17,22)/b20-8-/t9-,10-/m1/s1. The van der Waals surface area contributed by atoms with E-state index in [4.69, 9.17) is 11.6 Å². The number of nitrogens with zero attached hydrogens (tertiary/aromatic N) is 3. The van der Waals surface area contributed by atoms with Crippen molar-refractivity contribution in [3.8, 4) is 0 Å². The van der Waals surface area contributed by atoms with Crippen LogP contribution in [0.25, 0.3) is 0 Å². The van der Waals surface area contributed by atoms with Gasteiger partial charge in [0, 0.05) is 19.5 Å². The molecule has 1 saturated heterocycles. The van der Waals surface area contributed by atoms with Crippen LogP contribution in [0.15, 0.2) is 10.5 Å². The van der Waals surface area contributed by atoms with E-state index < -0.39 is 29.8 Å². The second-order valence-electron chi connectivity index (χ2n) is 5.51. The number of likely N-dealkylation sites (N-methyl/N-ethyl adjacent to an activating group) is 1. The number of aromatic nitrogens is 1. The van der Waals surface area contributed by atoms with Crippen LogP contribution >= 0.6 is 22.9 Å². The molecule has 0 aromatic carbocycles. The SMILES string of the molecule is CO/N=C(\C(=O)N[C@H]1C(=O)N[C@H]1C(=O)N(C)C)c1csc(NC(=O)CCl)n1. The first kappa shape index (κ1) is 20.6. The van der Waals surface area contributed by atoms with Gasteiger partial charge in [0.05, 0.1) is 0 Å². The molecule has 1 aliphatic rings. The van der Waals surface area contributed by atoms with E-state index in [2.05, 4.69) is 30.9 Å². The van der Waals surface area contributed by atoms with E-state index in [-0.39, 0.29) is 28.3 Å². The van der Waals surface area contributed by atoms with Gasteiger partial charge in [0.1, 0.15) is 30.8 Å². The summed E-state index contributed by atoms with van der Waals surface area (Å²) in [6.45, 7) is 0. The number of anilines is 1. The van der Waals surface area contributed by atoms with E-state index in [1.54, 1.807) is 0 Å². The molecule has 146 valence electrons. The van der Waals surface area contributed by atoms with Gasteiger partial charge in [0.25, 0.3) is 5.91 Å². The van der Waals surface area contributed by atoms with Crippen molar-refractivity contribution in [1.82, 2.24) is 20.5 Å². The Labute approximate surface area is 163 Å². The van der Waals surface area contributed by atoms with Gasteiger partial charge in [0.2, 0.25) is 17.7 Å². The average Bonchev–Trinajstić information content (AvgIpc) is 3.08. The molecule has 1 aromatic rings. The molecule has 1 aromatic heterocycles. The van der Waals surface area contributed by atoms with Crippen molar-refractivity contribution < 1.29 is 24.0 Å². The molecule has 1 fully saturated rings. The highest BCUT2D eigenvalue weighted by Crippen LogP contribution is 2.17. The van der Waals surface area contributed by atoms with Crippen molar-refractivity contribution in [3.63, 3.8) is 0 Å². The van der Waals surface area contributed by atoms with Crippen molar-refractivity contribution in [2.45, 2.75) is 12.1 Å². The predicted molar refractivity (Wildman–Crippen MR) is 97.6 cm³/mol. The largest absolute Gasteiger partial charge is 0.398 e. The number of carbonyl (C=O) groups excluding carboxylic acids is 4. The molecular weight excluding hydrogens is 400 g/mol. The Kier molecular flexibility index (Phi) is 6.69. The van der Waals surface area contributed by atoms with Crippen LogP contribution in [0.2, 0.25) is 0 Å². The Morgan fingerprint density at radius 1 is 1.44 bits per heavy atom. The Hall–Kier alpha value is -2.73. The third-order valence-corrected chi connectivity index (χ3v) is 4.42. The summed E-state index contributed by atoms with van der Waals surface area (Å²) in [7, 11) is 4.31. The van der Waals surface area contributed by atoms with Crippen molar-refractivity contribution in [2.24, 2.45) is 5.16 Å². The smallest absolute Gasteiger partial charge is 0.276 e. The zero-order chi connectivity index (χ0) is 20.1. The zero-order valence-corrected chi connectivity index (χ0v) is 16.2. The van der Waals surface area contributed by atoms with Gasteiger partial charge in [-0.15, -0.1) is 22.9 Å². The first-order valence-corrected chi connectivity index (χ1v) is 8.95. The first-order valence-electron chi connectivity index (χ1n) is 7.53. The average molecular weight is 417 g/mol. The molecule has 3 N–H and O–H groups in total.